The Kier molecular flexibility index (Phi) is 9.75. The van der Waals surface area contributed by atoms with Crippen molar-refractivity contribution in [3.63, 3.8) is 0 Å². The van der Waals surface area contributed by atoms with E-state index in [9.17, 15) is 9.59 Å². The zero-order valence-corrected chi connectivity index (χ0v) is 28.0. The maximum atomic E-state index is 14.1. The first-order valence-corrected chi connectivity index (χ1v) is 17.0. The minimum absolute atomic E-state index is 0.196. The van der Waals surface area contributed by atoms with Gasteiger partial charge in [-0.05, 0) is 66.8 Å². The third-order valence-corrected chi connectivity index (χ3v) is 9.78. The van der Waals surface area contributed by atoms with Gasteiger partial charge in [0.05, 0.1) is 39.1 Å². The Hall–Kier alpha value is -4.15. The van der Waals surface area contributed by atoms with Gasteiger partial charge in [-0.2, -0.15) is 0 Å². The highest BCUT2D eigenvalue weighted by molar-refractivity contribution is 7.10. The summed E-state index contributed by atoms with van der Waals surface area (Å²) in [6.45, 7) is 4.54. The Morgan fingerprint density at radius 3 is 2.48 bits per heavy atom. The van der Waals surface area contributed by atoms with Crippen LogP contribution in [0.5, 0.6) is 11.5 Å². The summed E-state index contributed by atoms with van der Waals surface area (Å²) in [6.07, 6.45) is 1.80. The van der Waals surface area contributed by atoms with Crippen LogP contribution in [0.2, 0.25) is 10.0 Å². The first-order valence-electron chi connectivity index (χ1n) is 14.5. The zero-order valence-electron chi connectivity index (χ0n) is 24.9. The second kappa shape index (κ2) is 14.1. The third-order valence-electron chi connectivity index (χ3n) is 7.13. The summed E-state index contributed by atoms with van der Waals surface area (Å²) in [6, 6.07) is 23.5. The summed E-state index contributed by atoms with van der Waals surface area (Å²) in [5, 5.41) is 2.86. The van der Waals surface area contributed by atoms with Crippen LogP contribution in [0, 0.1) is 0 Å². The van der Waals surface area contributed by atoms with Gasteiger partial charge in [-0.3, -0.25) is 9.36 Å². The summed E-state index contributed by atoms with van der Waals surface area (Å²) < 4.78 is 19.5. The molecule has 46 heavy (non-hydrogen) atoms. The van der Waals surface area contributed by atoms with E-state index in [0.29, 0.717) is 48.8 Å². The Labute approximate surface area is 283 Å². The van der Waals surface area contributed by atoms with Crippen LogP contribution in [0.15, 0.2) is 99.6 Å². The average molecular weight is 692 g/mol. The molecular weight excluding hydrogens is 663 g/mol. The van der Waals surface area contributed by atoms with Crippen molar-refractivity contribution >= 4 is 63.6 Å². The Balaban J connectivity index is 1.43. The second-order valence-corrected chi connectivity index (χ2v) is 12.9. The highest BCUT2D eigenvalue weighted by Crippen LogP contribution is 2.37. The fourth-order valence-corrected chi connectivity index (χ4v) is 7.25. The van der Waals surface area contributed by atoms with Gasteiger partial charge in [-0.25, -0.2) is 9.79 Å². The van der Waals surface area contributed by atoms with E-state index in [1.807, 2.05) is 79.0 Å². The standard InChI is InChI=1S/C35H28Cl2N2O5S2/c1-3-42-27-18-21(13-15-26(27)44-20-22-12-14-24(36)25(37)17-22)19-29-33(40)39-32(28-11-8-16-45-28)30(34(41)43-4-2)31(38-35(39)46-29)23-9-6-5-7-10-23/h5-19,32H,3-4,20H2,1-2H3/b29-19-/t32-/m1/s1. The molecule has 0 saturated carbocycles. The number of aromatic nitrogens is 1. The number of esters is 1. The molecule has 0 aliphatic carbocycles. The number of carbonyl (C=O) groups excluding carboxylic acids is 1. The van der Waals surface area contributed by atoms with Crippen LogP contribution in [-0.2, 0) is 16.1 Å². The minimum Gasteiger partial charge on any atom is -0.490 e. The van der Waals surface area contributed by atoms with Crippen molar-refractivity contribution in [1.82, 2.24) is 4.57 Å². The minimum atomic E-state index is -0.691. The lowest BCUT2D eigenvalue weighted by Gasteiger charge is -2.24. The van der Waals surface area contributed by atoms with Gasteiger partial charge in [-0.1, -0.05) is 83.1 Å². The van der Waals surface area contributed by atoms with Crippen molar-refractivity contribution in [2.24, 2.45) is 4.99 Å². The maximum Gasteiger partial charge on any atom is 0.338 e. The summed E-state index contributed by atoms with van der Waals surface area (Å²) in [5.41, 5.74) is 2.94. The van der Waals surface area contributed by atoms with E-state index in [2.05, 4.69) is 0 Å². The van der Waals surface area contributed by atoms with Crippen molar-refractivity contribution in [3.05, 3.63) is 141 Å². The number of hydrogen-bond donors (Lipinski definition) is 0. The molecular formula is C35H28Cl2N2O5S2. The lowest BCUT2D eigenvalue weighted by molar-refractivity contribution is -0.138. The number of ether oxygens (including phenoxy) is 3. The monoisotopic (exact) mass is 690 g/mol. The number of thiazole rings is 1. The molecule has 1 aliphatic rings. The van der Waals surface area contributed by atoms with Gasteiger partial charge in [0, 0.05) is 10.4 Å². The molecule has 0 amide bonds. The van der Waals surface area contributed by atoms with Gasteiger partial charge >= 0.3 is 5.97 Å². The number of nitrogens with zero attached hydrogens (tertiary/aromatic N) is 2. The van der Waals surface area contributed by atoms with Gasteiger partial charge in [0.15, 0.2) is 16.3 Å². The van der Waals surface area contributed by atoms with E-state index in [4.69, 9.17) is 42.4 Å². The number of rotatable bonds is 10. The first-order chi connectivity index (χ1) is 22.4. The number of hydrogen-bond acceptors (Lipinski definition) is 8. The molecule has 11 heteroatoms. The fraction of sp³-hybridized carbons (Fsp3) is 0.171. The molecule has 3 heterocycles. The van der Waals surface area contributed by atoms with Crippen molar-refractivity contribution in [2.75, 3.05) is 13.2 Å². The van der Waals surface area contributed by atoms with Crippen LogP contribution >= 0.6 is 45.9 Å². The Morgan fingerprint density at radius 1 is 0.935 bits per heavy atom. The summed E-state index contributed by atoms with van der Waals surface area (Å²) in [5.74, 6) is 0.586. The zero-order chi connectivity index (χ0) is 32.2. The molecule has 1 aliphatic heterocycles. The SMILES string of the molecule is CCOC(=O)C1=C(c2ccccc2)N=c2s/c(=C\c3ccc(OCc4ccc(Cl)c(Cl)c4)c(OCC)c3)c(=O)n2[C@@H]1c1cccs1. The number of halogens is 2. The molecule has 1 atom stereocenters. The molecule has 0 saturated heterocycles. The van der Waals surface area contributed by atoms with Crippen LogP contribution in [0.1, 0.15) is 41.5 Å². The van der Waals surface area contributed by atoms with Crippen molar-refractivity contribution < 1.29 is 19.0 Å². The fourth-order valence-electron chi connectivity index (χ4n) is 5.10. The molecule has 0 bridgehead atoms. The van der Waals surface area contributed by atoms with Crippen molar-refractivity contribution in [3.8, 4) is 11.5 Å². The second-order valence-electron chi connectivity index (χ2n) is 10.1. The molecule has 2 aromatic heterocycles. The molecule has 0 radical (unpaired) electrons. The molecule has 0 spiro atoms. The van der Waals surface area contributed by atoms with Gasteiger partial charge < -0.3 is 14.2 Å². The number of fused-ring (bicyclic) bond motifs is 1. The quantitative estimate of drug-likeness (QED) is 0.144. The smallest absolute Gasteiger partial charge is 0.338 e. The van der Waals surface area contributed by atoms with Gasteiger partial charge in [0.2, 0.25) is 0 Å². The van der Waals surface area contributed by atoms with E-state index in [0.717, 1.165) is 21.6 Å². The van der Waals surface area contributed by atoms with Gasteiger partial charge in [-0.15, -0.1) is 11.3 Å². The molecule has 0 N–H and O–H groups in total. The molecule has 234 valence electrons. The van der Waals surface area contributed by atoms with E-state index in [-0.39, 0.29) is 18.8 Å². The van der Waals surface area contributed by atoms with E-state index in [1.54, 1.807) is 29.7 Å². The summed E-state index contributed by atoms with van der Waals surface area (Å²) in [7, 11) is 0. The predicted molar refractivity (Wildman–Crippen MR) is 184 cm³/mol. The predicted octanol–water partition coefficient (Wildman–Crippen LogP) is 7.28. The van der Waals surface area contributed by atoms with Crippen molar-refractivity contribution in [1.29, 1.82) is 0 Å². The average Bonchev–Trinajstić information content (AvgIpc) is 3.70. The molecule has 0 fully saturated rings. The number of thiophene rings is 1. The van der Waals surface area contributed by atoms with Crippen LogP contribution in [-0.4, -0.2) is 23.8 Å². The summed E-state index contributed by atoms with van der Waals surface area (Å²) in [4.78, 5) is 33.9. The largest absolute Gasteiger partial charge is 0.490 e. The number of benzene rings is 3. The molecule has 0 unspecified atom stereocenters. The van der Waals surface area contributed by atoms with Crippen LogP contribution in [0.4, 0.5) is 0 Å². The molecule has 6 rings (SSSR count). The maximum absolute atomic E-state index is 14.1. The number of carbonyl (C=O) groups is 1. The van der Waals surface area contributed by atoms with E-state index in [1.165, 1.54) is 22.7 Å². The first kappa shape index (κ1) is 31.8. The van der Waals surface area contributed by atoms with Crippen LogP contribution in [0.25, 0.3) is 11.8 Å². The van der Waals surface area contributed by atoms with E-state index < -0.39 is 12.0 Å². The van der Waals surface area contributed by atoms with Crippen LogP contribution < -0.4 is 24.4 Å². The topological polar surface area (TPSA) is 79.1 Å². The van der Waals surface area contributed by atoms with Gasteiger partial charge in [0.1, 0.15) is 12.6 Å². The highest BCUT2D eigenvalue weighted by Gasteiger charge is 2.35. The van der Waals surface area contributed by atoms with Crippen molar-refractivity contribution in [2.45, 2.75) is 26.5 Å². The molecule has 7 nitrogen and oxygen atoms in total. The molecule has 5 aromatic rings. The Morgan fingerprint density at radius 2 is 1.76 bits per heavy atom. The Bertz CT molecular complexity index is 2100. The van der Waals surface area contributed by atoms with Crippen LogP contribution in [0.3, 0.4) is 0 Å². The van der Waals surface area contributed by atoms with E-state index >= 15 is 0 Å². The lowest BCUT2D eigenvalue weighted by Crippen LogP contribution is -2.39. The lowest BCUT2D eigenvalue weighted by atomic mass is 9.97. The summed E-state index contributed by atoms with van der Waals surface area (Å²) >= 11 is 15.0. The highest BCUT2D eigenvalue weighted by atomic mass is 35.5. The molecule has 3 aromatic carbocycles. The van der Waals surface area contributed by atoms with Gasteiger partial charge in [0.25, 0.3) is 5.56 Å². The third kappa shape index (κ3) is 6.55. The normalized spacial score (nSPS) is 14.5.